The van der Waals surface area contributed by atoms with Gasteiger partial charge in [0.05, 0.1) is 26.4 Å². The van der Waals surface area contributed by atoms with Crippen molar-refractivity contribution in [3.05, 3.63) is 30.3 Å². The van der Waals surface area contributed by atoms with Crippen molar-refractivity contribution in [3.8, 4) is 11.4 Å². The van der Waals surface area contributed by atoms with E-state index < -0.39 is 18.1 Å². The molecule has 6 atom stereocenters. The van der Waals surface area contributed by atoms with E-state index in [-0.39, 0.29) is 42.5 Å². The standard InChI is InChI=1S/C29H40N6O6/c1-4-40-27(36)24-14-13-23(35-31-26(30-32-35)19-9-7-6-8-10-19)18-33(24)22-12-11-20-17-34(29(38)39-3)25(16-21(20)15-22)28(37)41-5-2/h6-10,20-25H,4-5,11-18H2,1-3H3/t20?,21?,22?,23-,24?,25?/m0/s1. The largest absolute Gasteiger partial charge is 0.465 e. The van der Waals surface area contributed by atoms with E-state index in [0.29, 0.717) is 38.4 Å². The number of hydrogen-bond donors (Lipinski definition) is 0. The predicted octanol–water partition coefficient (Wildman–Crippen LogP) is 3.10. The van der Waals surface area contributed by atoms with Crippen LogP contribution in [0.5, 0.6) is 0 Å². The van der Waals surface area contributed by atoms with Crippen LogP contribution in [0.1, 0.15) is 58.4 Å². The Morgan fingerprint density at radius 3 is 2.27 bits per heavy atom. The van der Waals surface area contributed by atoms with E-state index >= 15 is 0 Å². The van der Waals surface area contributed by atoms with Crippen LogP contribution in [0, 0.1) is 11.8 Å². The van der Waals surface area contributed by atoms with Crippen molar-refractivity contribution in [2.45, 2.75) is 76.5 Å². The number of rotatable bonds is 7. The van der Waals surface area contributed by atoms with Gasteiger partial charge in [0.25, 0.3) is 0 Å². The monoisotopic (exact) mass is 568 g/mol. The van der Waals surface area contributed by atoms with Crippen molar-refractivity contribution in [1.82, 2.24) is 30.0 Å². The average Bonchev–Trinajstić information content (AvgIpc) is 3.51. The summed E-state index contributed by atoms with van der Waals surface area (Å²) < 4.78 is 15.8. The Balaban J connectivity index is 1.34. The van der Waals surface area contributed by atoms with Gasteiger partial charge in [-0.1, -0.05) is 30.3 Å². The average molecular weight is 569 g/mol. The van der Waals surface area contributed by atoms with E-state index in [1.165, 1.54) is 12.0 Å². The van der Waals surface area contributed by atoms with Crippen LogP contribution in [0.3, 0.4) is 0 Å². The predicted molar refractivity (Wildman–Crippen MR) is 147 cm³/mol. The minimum absolute atomic E-state index is 0.0307. The molecule has 1 amide bonds. The molecule has 0 radical (unpaired) electrons. The summed E-state index contributed by atoms with van der Waals surface area (Å²) in [4.78, 5) is 44.0. The van der Waals surface area contributed by atoms with Crippen LogP contribution in [0.15, 0.2) is 30.3 Å². The number of nitrogens with zero attached hydrogens (tertiary/aromatic N) is 6. The molecule has 0 N–H and O–H groups in total. The lowest BCUT2D eigenvalue weighted by Crippen LogP contribution is -2.58. The summed E-state index contributed by atoms with van der Waals surface area (Å²) in [6.07, 6.45) is 3.97. The van der Waals surface area contributed by atoms with Crippen molar-refractivity contribution in [1.29, 1.82) is 0 Å². The lowest BCUT2D eigenvalue weighted by atomic mass is 9.70. The molecule has 2 saturated heterocycles. The molecule has 3 fully saturated rings. The minimum atomic E-state index is -0.673. The van der Waals surface area contributed by atoms with E-state index in [2.05, 4.69) is 20.3 Å². The summed E-state index contributed by atoms with van der Waals surface area (Å²) in [5.41, 5.74) is 0.906. The lowest BCUT2D eigenvalue weighted by molar-refractivity contribution is -0.155. The highest BCUT2D eigenvalue weighted by Crippen LogP contribution is 2.42. The Hall–Kier alpha value is -3.54. The molecule has 222 valence electrons. The summed E-state index contributed by atoms with van der Waals surface area (Å²) in [6.45, 7) is 5.23. The first-order chi connectivity index (χ1) is 19.9. The molecule has 3 aliphatic rings. The number of esters is 2. The van der Waals surface area contributed by atoms with Crippen LogP contribution >= 0.6 is 0 Å². The summed E-state index contributed by atoms with van der Waals surface area (Å²) >= 11 is 0. The zero-order valence-electron chi connectivity index (χ0n) is 24.1. The number of tetrazole rings is 1. The maximum absolute atomic E-state index is 13.1. The van der Waals surface area contributed by atoms with Gasteiger partial charge in [0, 0.05) is 24.7 Å². The second-order valence-corrected chi connectivity index (χ2v) is 11.1. The Bertz CT molecular complexity index is 1210. The van der Waals surface area contributed by atoms with Crippen LogP contribution < -0.4 is 0 Å². The Morgan fingerprint density at radius 2 is 1.56 bits per heavy atom. The van der Waals surface area contributed by atoms with E-state index in [9.17, 15) is 14.4 Å². The molecular weight excluding hydrogens is 528 g/mol. The van der Waals surface area contributed by atoms with Crippen molar-refractivity contribution < 1.29 is 28.6 Å². The number of amides is 1. The van der Waals surface area contributed by atoms with Gasteiger partial charge in [-0.15, -0.1) is 10.2 Å². The van der Waals surface area contributed by atoms with Crippen LogP contribution in [-0.4, -0.2) is 99.6 Å². The third-order valence-corrected chi connectivity index (χ3v) is 8.82. The number of methoxy groups -OCH3 is 1. The van der Waals surface area contributed by atoms with Crippen molar-refractivity contribution in [3.63, 3.8) is 0 Å². The first-order valence-corrected chi connectivity index (χ1v) is 14.7. The first-order valence-electron chi connectivity index (χ1n) is 14.7. The summed E-state index contributed by atoms with van der Waals surface area (Å²) in [7, 11) is 1.34. The number of hydrogen-bond acceptors (Lipinski definition) is 10. The molecule has 0 bridgehead atoms. The van der Waals surface area contributed by atoms with Gasteiger partial charge in [-0.2, -0.15) is 4.80 Å². The molecule has 41 heavy (non-hydrogen) atoms. The summed E-state index contributed by atoms with van der Waals surface area (Å²) in [5, 5.41) is 13.4. The smallest absolute Gasteiger partial charge is 0.410 e. The number of fused-ring (bicyclic) bond motifs is 1. The third kappa shape index (κ3) is 6.22. The molecule has 12 nitrogen and oxygen atoms in total. The molecule has 2 aromatic rings. The summed E-state index contributed by atoms with van der Waals surface area (Å²) in [5.74, 6) is 0.443. The zero-order valence-corrected chi connectivity index (χ0v) is 24.1. The molecule has 1 aliphatic carbocycles. The number of carbonyl (C=O) groups is 3. The van der Waals surface area contributed by atoms with Gasteiger partial charge in [0.2, 0.25) is 5.82 Å². The molecule has 0 spiro atoms. The highest BCUT2D eigenvalue weighted by atomic mass is 16.6. The first kappa shape index (κ1) is 29.0. The number of piperidine rings is 2. The van der Waals surface area contributed by atoms with Crippen LogP contribution in [0.25, 0.3) is 11.4 Å². The van der Waals surface area contributed by atoms with Gasteiger partial charge in [-0.05, 0) is 69.4 Å². The molecule has 5 unspecified atom stereocenters. The topological polar surface area (TPSA) is 129 Å². The Morgan fingerprint density at radius 1 is 0.854 bits per heavy atom. The molecule has 2 aliphatic heterocycles. The fourth-order valence-electron chi connectivity index (χ4n) is 6.85. The highest BCUT2D eigenvalue weighted by Gasteiger charge is 2.47. The number of aromatic nitrogens is 4. The van der Waals surface area contributed by atoms with Crippen LogP contribution in [0.4, 0.5) is 4.79 Å². The van der Waals surface area contributed by atoms with E-state index in [0.717, 1.165) is 31.2 Å². The van der Waals surface area contributed by atoms with Gasteiger partial charge >= 0.3 is 18.0 Å². The third-order valence-electron chi connectivity index (χ3n) is 8.82. The molecule has 12 heteroatoms. The van der Waals surface area contributed by atoms with Gasteiger partial charge in [0.1, 0.15) is 12.1 Å². The SMILES string of the molecule is CCOC(=O)C1CC2CC(N3C[C@@H](n4nnc(-c5ccccc5)n4)CCC3C(=O)OCC)CCC2CN1C(=O)OC. The van der Waals surface area contributed by atoms with E-state index in [1.807, 2.05) is 37.3 Å². The Labute approximate surface area is 240 Å². The number of ether oxygens (including phenoxy) is 3. The molecule has 1 saturated carbocycles. The second kappa shape index (κ2) is 13.0. The van der Waals surface area contributed by atoms with Crippen LogP contribution in [-0.2, 0) is 23.8 Å². The molecule has 3 heterocycles. The lowest BCUT2D eigenvalue weighted by Gasteiger charge is -2.50. The minimum Gasteiger partial charge on any atom is -0.465 e. The number of likely N-dealkylation sites (tertiary alicyclic amines) is 2. The van der Waals surface area contributed by atoms with Gasteiger partial charge in [-0.25, -0.2) is 9.59 Å². The normalized spacial score (nSPS) is 28.4. The Kier molecular flexibility index (Phi) is 9.16. The number of carbonyl (C=O) groups excluding carboxylic acids is 3. The summed E-state index contributed by atoms with van der Waals surface area (Å²) in [6, 6.07) is 8.83. The fraction of sp³-hybridized carbons (Fsp3) is 0.655. The fourth-order valence-corrected chi connectivity index (χ4v) is 6.85. The quantitative estimate of drug-likeness (QED) is 0.363. The maximum atomic E-state index is 13.1. The van der Waals surface area contributed by atoms with Crippen molar-refractivity contribution in [2.24, 2.45) is 11.8 Å². The molecule has 5 rings (SSSR count). The highest BCUT2D eigenvalue weighted by molar-refractivity contribution is 5.81. The van der Waals surface area contributed by atoms with Gasteiger partial charge < -0.3 is 14.2 Å². The van der Waals surface area contributed by atoms with E-state index in [1.54, 1.807) is 11.7 Å². The van der Waals surface area contributed by atoms with Crippen molar-refractivity contribution in [2.75, 3.05) is 33.4 Å². The zero-order chi connectivity index (χ0) is 28.9. The second-order valence-electron chi connectivity index (χ2n) is 11.1. The van der Waals surface area contributed by atoms with Gasteiger partial charge in [0.15, 0.2) is 0 Å². The molecular formula is C29H40N6O6. The maximum Gasteiger partial charge on any atom is 0.410 e. The van der Waals surface area contributed by atoms with Crippen LogP contribution in [0.2, 0.25) is 0 Å². The number of benzene rings is 1. The molecule has 1 aromatic carbocycles. The van der Waals surface area contributed by atoms with E-state index in [4.69, 9.17) is 14.2 Å². The van der Waals surface area contributed by atoms with Gasteiger partial charge in [-0.3, -0.25) is 14.6 Å². The molecule has 1 aromatic heterocycles. The van der Waals surface area contributed by atoms with Crippen molar-refractivity contribution >= 4 is 18.0 Å².